The number of carbonyl (C=O) groups excluding carboxylic acids is 1. The van der Waals surface area contributed by atoms with Gasteiger partial charge in [0.05, 0.1) is 10.5 Å². The topological polar surface area (TPSA) is 62.5 Å². The van der Waals surface area contributed by atoms with Crippen molar-refractivity contribution in [3.05, 3.63) is 59.0 Å². The summed E-state index contributed by atoms with van der Waals surface area (Å²) in [5, 5.41) is 10.5. The summed E-state index contributed by atoms with van der Waals surface area (Å²) in [6, 6.07) is 9.81. The maximum Gasteiger partial charge on any atom is 0.323 e. The minimum Gasteiger partial charge on any atom is -0.480 e. The predicted molar refractivity (Wildman–Crippen MR) is 114 cm³/mol. The van der Waals surface area contributed by atoms with E-state index >= 15 is 0 Å². The summed E-state index contributed by atoms with van der Waals surface area (Å²) < 4.78 is 15.8. The van der Waals surface area contributed by atoms with Gasteiger partial charge in [0.15, 0.2) is 0 Å². The molecule has 7 heteroatoms. The number of fused-ring (bicyclic) bond motifs is 1. The normalized spacial score (nSPS) is 13.6. The fourth-order valence-electron chi connectivity index (χ4n) is 3.88. The number of halogens is 2. The monoisotopic (exact) mass is 428 g/mol. The van der Waals surface area contributed by atoms with E-state index in [4.69, 9.17) is 11.6 Å². The third-order valence-electron chi connectivity index (χ3n) is 5.50. The van der Waals surface area contributed by atoms with Crippen molar-refractivity contribution in [3.63, 3.8) is 0 Å². The maximum atomic E-state index is 14.1. The highest BCUT2D eigenvalue weighted by Gasteiger charge is 2.33. The number of benzene rings is 2. The van der Waals surface area contributed by atoms with E-state index in [1.165, 1.54) is 12.1 Å². The lowest BCUT2D eigenvalue weighted by atomic mass is 9.98. The summed E-state index contributed by atoms with van der Waals surface area (Å²) in [7, 11) is 0. The van der Waals surface area contributed by atoms with Crippen molar-refractivity contribution in [3.8, 4) is 11.1 Å². The van der Waals surface area contributed by atoms with Gasteiger partial charge < -0.3 is 14.6 Å². The van der Waals surface area contributed by atoms with Crippen LogP contribution in [0.15, 0.2) is 42.6 Å². The van der Waals surface area contributed by atoms with Gasteiger partial charge in [0.25, 0.3) is 0 Å². The summed E-state index contributed by atoms with van der Waals surface area (Å²) in [5.41, 5.74) is 2.82. The molecule has 5 nitrogen and oxygen atoms in total. The molecule has 4 rings (SSSR count). The van der Waals surface area contributed by atoms with Crippen molar-refractivity contribution >= 4 is 34.4 Å². The molecule has 30 heavy (non-hydrogen) atoms. The van der Waals surface area contributed by atoms with Crippen LogP contribution in [0, 0.1) is 11.7 Å². The first kappa shape index (κ1) is 20.4. The fraction of sp³-hybridized carbons (Fsp3) is 0.304. The molecular formula is C23H22ClFN2O3. The average Bonchev–Trinajstić information content (AvgIpc) is 3.49. The van der Waals surface area contributed by atoms with Crippen molar-refractivity contribution < 1.29 is 19.1 Å². The van der Waals surface area contributed by atoms with Crippen LogP contribution in [0.25, 0.3) is 22.0 Å². The number of aliphatic carboxylic acids is 1. The number of carbonyl (C=O) groups is 2. The molecule has 1 N–H and O–H groups in total. The van der Waals surface area contributed by atoms with Crippen molar-refractivity contribution in [1.29, 1.82) is 0 Å². The van der Waals surface area contributed by atoms with E-state index in [0.29, 0.717) is 28.0 Å². The molecular weight excluding hydrogens is 407 g/mol. The number of carboxylic acids is 1. The van der Waals surface area contributed by atoms with Gasteiger partial charge in [0.1, 0.15) is 12.4 Å². The molecule has 0 radical (unpaired) electrons. The smallest absolute Gasteiger partial charge is 0.323 e. The van der Waals surface area contributed by atoms with Crippen molar-refractivity contribution in [2.24, 2.45) is 5.92 Å². The minimum absolute atomic E-state index is 0.0777. The molecule has 0 saturated heterocycles. The highest BCUT2D eigenvalue weighted by atomic mass is 35.5. The first-order valence-corrected chi connectivity index (χ1v) is 10.3. The zero-order valence-electron chi connectivity index (χ0n) is 16.6. The zero-order valence-corrected chi connectivity index (χ0v) is 17.3. The Labute approximate surface area is 178 Å². The lowest BCUT2D eigenvalue weighted by Gasteiger charge is -2.22. The molecule has 1 fully saturated rings. The Morgan fingerprint density at radius 3 is 2.67 bits per heavy atom. The van der Waals surface area contributed by atoms with Crippen molar-refractivity contribution in [1.82, 2.24) is 9.47 Å². The number of aromatic nitrogens is 1. The van der Waals surface area contributed by atoms with Crippen LogP contribution in [0.5, 0.6) is 0 Å². The Morgan fingerprint density at radius 2 is 2.00 bits per heavy atom. The fourth-order valence-corrected chi connectivity index (χ4v) is 4.16. The second-order valence-corrected chi connectivity index (χ2v) is 8.03. The van der Waals surface area contributed by atoms with Crippen molar-refractivity contribution in [2.75, 3.05) is 6.54 Å². The largest absolute Gasteiger partial charge is 0.480 e. The van der Waals surface area contributed by atoms with Crippen LogP contribution < -0.4 is 0 Å². The summed E-state index contributed by atoms with van der Waals surface area (Å²) in [4.78, 5) is 25.7. The second-order valence-electron chi connectivity index (χ2n) is 7.63. The highest BCUT2D eigenvalue weighted by Crippen LogP contribution is 2.38. The highest BCUT2D eigenvalue weighted by molar-refractivity contribution is 6.36. The molecule has 0 bridgehead atoms. The standard InChI is InChI=1S/C23H22ClFN2O3/c1-2-26(23(30)14-6-7-14)11-15-10-16(25)8-9-17(15)18-12-27(13-21(28)29)20-5-3-4-19(24)22(18)20/h3-5,8-10,12,14H,2,6-7,11,13H2,1H3,(H,28,29). The molecule has 1 aromatic heterocycles. The molecule has 156 valence electrons. The van der Waals surface area contributed by atoms with Gasteiger partial charge in [0.2, 0.25) is 5.91 Å². The van der Waals surface area contributed by atoms with E-state index in [-0.39, 0.29) is 30.7 Å². The molecule has 1 aliphatic carbocycles. The number of amides is 1. The Kier molecular flexibility index (Phi) is 5.52. The van der Waals surface area contributed by atoms with Gasteiger partial charge in [0, 0.05) is 36.2 Å². The average molecular weight is 429 g/mol. The first-order chi connectivity index (χ1) is 14.4. The van der Waals surface area contributed by atoms with Gasteiger partial charge in [-0.2, -0.15) is 0 Å². The van der Waals surface area contributed by atoms with Crippen LogP contribution in [-0.4, -0.2) is 33.0 Å². The van der Waals surface area contributed by atoms with Crippen LogP contribution in [0.3, 0.4) is 0 Å². The van der Waals surface area contributed by atoms with Crippen molar-refractivity contribution in [2.45, 2.75) is 32.9 Å². The summed E-state index contributed by atoms with van der Waals surface area (Å²) in [6.45, 7) is 2.52. The molecule has 1 amide bonds. The lowest BCUT2D eigenvalue weighted by Crippen LogP contribution is -2.31. The quantitative estimate of drug-likeness (QED) is 0.579. The second kappa shape index (κ2) is 8.11. The molecule has 0 spiro atoms. The number of nitrogens with zero attached hydrogens (tertiary/aromatic N) is 2. The van der Waals surface area contributed by atoms with Gasteiger partial charge in [-0.25, -0.2) is 4.39 Å². The lowest BCUT2D eigenvalue weighted by molar-refractivity contribution is -0.137. The van der Waals surface area contributed by atoms with Crippen LogP contribution in [-0.2, 0) is 22.7 Å². The van der Waals surface area contributed by atoms with E-state index < -0.39 is 5.97 Å². The molecule has 0 aliphatic heterocycles. The summed E-state index contributed by atoms with van der Waals surface area (Å²) in [6.07, 6.45) is 3.55. The molecule has 3 aromatic rings. The number of rotatable bonds is 7. The van der Waals surface area contributed by atoms with E-state index in [2.05, 4.69) is 0 Å². The molecule has 1 aliphatic rings. The van der Waals surface area contributed by atoms with Gasteiger partial charge in [-0.3, -0.25) is 9.59 Å². The van der Waals surface area contributed by atoms with Crippen LogP contribution >= 0.6 is 11.6 Å². The Balaban J connectivity index is 1.84. The third kappa shape index (κ3) is 3.92. The molecule has 0 unspecified atom stereocenters. The molecule has 2 aromatic carbocycles. The van der Waals surface area contributed by atoms with Crippen LogP contribution in [0.1, 0.15) is 25.3 Å². The Morgan fingerprint density at radius 1 is 1.23 bits per heavy atom. The van der Waals surface area contributed by atoms with Gasteiger partial charge in [-0.1, -0.05) is 23.7 Å². The van der Waals surface area contributed by atoms with E-state index in [9.17, 15) is 19.1 Å². The first-order valence-electron chi connectivity index (χ1n) is 9.95. The summed E-state index contributed by atoms with van der Waals surface area (Å²) in [5.74, 6) is -1.18. The van der Waals surface area contributed by atoms with E-state index in [0.717, 1.165) is 24.0 Å². The maximum absolute atomic E-state index is 14.1. The van der Waals surface area contributed by atoms with Gasteiger partial charge >= 0.3 is 5.97 Å². The molecule has 1 heterocycles. The Hall–Kier alpha value is -2.86. The van der Waals surface area contributed by atoms with Gasteiger partial charge in [-0.05, 0) is 55.2 Å². The van der Waals surface area contributed by atoms with Crippen LogP contribution in [0.4, 0.5) is 4.39 Å². The third-order valence-corrected chi connectivity index (χ3v) is 5.81. The van der Waals surface area contributed by atoms with Crippen LogP contribution in [0.2, 0.25) is 5.02 Å². The minimum atomic E-state index is -0.968. The molecule has 1 saturated carbocycles. The van der Waals surface area contributed by atoms with Gasteiger partial charge in [-0.15, -0.1) is 0 Å². The number of hydrogen-bond acceptors (Lipinski definition) is 2. The zero-order chi connectivity index (χ0) is 21.4. The number of carboxylic acid groups (broad SMARTS) is 1. The number of hydrogen-bond donors (Lipinski definition) is 1. The Bertz CT molecular complexity index is 1140. The predicted octanol–water partition coefficient (Wildman–Crippen LogP) is 4.94. The molecule has 0 atom stereocenters. The van der Waals surface area contributed by atoms with E-state index in [1.807, 2.05) is 13.0 Å². The summed E-state index contributed by atoms with van der Waals surface area (Å²) >= 11 is 6.48. The SMILES string of the molecule is CCN(Cc1cc(F)ccc1-c1cn(CC(=O)O)c2cccc(Cl)c12)C(=O)C1CC1. The van der Waals surface area contributed by atoms with E-state index in [1.54, 1.807) is 33.9 Å².